The summed E-state index contributed by atoms with van der Waals surface area (Å²) in [6.07, 6.45) is 2.13. The molecule has 0 heterocycles. The van der Waals surface area contributed by atoms with Crippen molar-refractivity contribution in [2.75, 3.05) is 0 Å². The van der Waals surface area contributed by atoms with Crippen LogP contribution in [0.3, 0.4) is 0 Å². The molecule has 1 aliphatic rings. The largest absolute Gasteiger partial charge is 0.0827 e. The first-order valence-corrected chi connectivity index (χ1v) is 8.65. The van der Waals surface area contributed by atoms with Crippen molar-refractivity contribution in [3.05, 3.63) is 80.3 Å². The molecular weight excluding hydrogens is 323 g/mol. The van der Waals surface area contributed by atoms with Gasteiger partial charge in [0.15, 0.2) is 0 Å². The van der Waals surface area contributed by atoms with E-state index in [1.54, 1.807) is 0 Å². The van der Waals surface area contributed by atoms with E-state index in [4.69, 9.17) is 23.2 Å². The van der Waals surface area contributed by atoms with Crippen LogP contribution in [0, 0.1) is 6.92 Å². The second-order valence-electron chi connectivity index (χ2n) is 6.25. The highest BCUT2D eigenvalue weighted by Crippen LogP contribution is 2.41. The average Bonchev–Trinajstić information content (AvgIpc) is 2.52. The predicted octanol–water partition coefficient (Wildman–Crippen LogP) is 7.34. The van der Waals surface area contributed by atoms with Crippen molar-refractivity contribution in [3.8, 4) is 0 Å². The quantitative estimate of drug-likeness (QED) is 0.535. The smallest absolute Gasteiger partial charge is 0.0598 e. The van der Waals surface area contributed by atoms with E-state index in [1.165, 1.54) is 39.0 Å². The number of hydrogen-bond donors (Lipinski definition) is 0. The lowest BCUT2D eigenvalue weighted by Crippen LogP contribution is -2.02. The molecule has 23 heavy (non-hydrogen) atoms. The van der Waals surface area contributed by atoms with Gasteiger partial charge in [-0.2, -0.15) is 0 Å². The third-order valence-corrected chi connectivity index (χ3v) is 5.35. The summed E-state index contributed by atoms with van der Waals surface area (Å²) in [6, 6.07) is 14.7. The molecule has 2 heteroatoms. The van der Waals surface area contributed by atoms with E-state index in [0.717, 1.165) is 12.8 Å². The van der Waals surface area contributed by atoms with Gasteiger partial charge in [-0.25, -0.2) is 0 Å². The highest BCUT2D eigenvalue weighted by atomic mass is 35.5. The SMILES string of the molecule is CC1=C(c2ccc(C)cc2)C(C)=C(c2ccc(Cl)c(Cl)c2)CC1. The molecule has 3 rings (SSSR count). The molecule has 1 aliphatic carbocycles. The fourth-order valence-corrected chi connectivity index (χ4v) is 3.62. The van der Waals surface area contributed by atoms with Gasteiger partial charge in [0.2, 0.25) is 0 Å². The molecule has 0 fully saturated rings. The van der Waals surface area contributed by atoms with Crippen LogP contribution in [0.1, 0.15) is 43.4 Å². The van der Waals surface area contributed by atoms with Crippen LogP contribution in [0.25, 0.3) is 11.1 Å². The molecular formula is C21H20Cl2. The Hall–Kier alpha value is -1.50. The average molecular weight is 343 g/mol. The lowest BCUT2D eigenvalue weighted by atomic mass is 9.81. The zero-order valence-corrected chi connectivity index (χ0v) is 15.2. The minimum Gasteiger partial charge on any atom is -0.0827 e. The first kappa shape index (κ1) is 16.4. The van der Waals surface area contributed by atoms with Crippen LogP contribution in [0.5, 0.6) is 0 Å². The van der Waals surface area contributed by atoms with Gasteiger partial charge in [-0.1, -0.05) is 64.7 Å². The van der Waals surface area contributed by atoms with Gasteiger partial charge < -0.3 is 0 Å². The Morgan fingerprint density at radius 2 is 1.39 bits per heavy atom. The van der Waals surface area contributed by atoms with Crippen molar-refractivity contribution in [2.45, 2.75) is 33.6 Å². The minimum absolute atomic E-state index is 0.606. The molecule has 2 aromatic carbocycles. The number of halogens is 2. The molecule has 0 unspecified atom stereocenters. The van der Waals surface area contributed by atoms with Crippen molar-refractivity contribution < 1.29 is 0 Å². The molecule has 0 aromatic heterocycles. The van der Waals surface area contributed by atoms with Gasteiger partial charge >= 0.3 is 0 Å². The van der Waals surface area contributed by atoms with Crippen LogP contribution in [0.4, 0.5) is 0 Å². The van der Waals surface area contributed by atoms with E-state index in [2.05, 4.69) is 51.1 Å². The van der Waals surface area contributed by atoms with Gasteiger partial charge in [0, 0.05) is 0 Å². The van der Waals surface area contributed by atoms with E-state index in [9.17, 15) is 0 Å². The summed E-state index contributed by atoms with van der Waals surface area (Å²) in [5.74, 6) is 0. The molecule has 0 N–H and O–H groups in total. The number of rotatable bonds is 2. The van der Waals surface area contributed by atoms with Crippen LogP contribution >= 0.6 is 23.2 Å². The van der Waals surface area contributed by atoms with Gasteiger partial charge in [-0.05, 0) is 73.6 Å². The molecule has 0 amide bonds. The fourth-order valence-electron chi connectivity index (χ4n) is 3.32. The summed E-state index contributed by atoms with van der Waals surface area (Å²) >= 11 is 12.3. The highest BCUT2D eigenvalue weighted by Gasteiger charge is 2.19. The first-order chi connectivity index (χ1) is 11.0. The van der Waals surface area contributed by atoms with Gasteiger partial charge in [0.05, 0.1) is 10.0 Å². The number of allylic oxidation sites excluding steroid dienone is 4. The second-order valence-corrected chi connectivity index (χ2v) is 7.07. The topological polar surface area (TPSA) is 0 Å². The maximum Gasteiger partial charge on any atom is 0.0598 e. The van der Waals surface area contributed by atoms with Gasteiger partial charge in [-0.15, -0.1) is 0 Å². The predicted molar refractivity (Wildman–Crippen MR) is 102 cm³/mol. The van der Waals surface area contributed by atoms with E-state index >= 15 is 0 Å². The van der Waals surface area contributed by atoms with E-state index in [-0.39, 0.29) is 0 Å². The fraction of sp³-hybridized carbons (Fsp3) is 0.238. The van der Waals surface area contributed by atoms with Crippen molar-refractivity contribution in [1.29, 1.82) is 0 Å². The molecule has 0 nitrogen and oxygen atoms in total. The zero-order valence-electron chi connectivity index (χ0n) is 13.7. The maximum absolute atomic E-state index is 6.21. The first-order valence-electron chi connectivity index (χ1n) is 7.89. The number of aryl methyl sites for hydroxylation is 1. The third-order valence-electron chi connectivity index (χ3n) is 4.61. The van der Waals surface area contributed by atoms with Gasteiger partial charge in [-0.3, -0.25) is 0 Å². The Morgan fingerprint density at radius 3 is 2.04 bits per heavy atom. The van der Waals surface area contributed by atoms with Crippen LogP contribution in [0.15, 0.2) is 53.6 Å². The van der Waals surface area contributed by atoms with Crippen LogP contribution < -0.4 is 0 Å². The van der Waals surface area contributed by atoms with Crippen molar-refractivity contribution in [1.82, 2.24) is 0 Å². The van der Waals surface area contributed by atoms with Crippen LogP contribution in [0.2, 0.25) is 10.0 Å². The number of hydrogen-bond acceptors (Lipinski definition) is 0. The van der Waals surface area contributed by atoms with Crippen LogP contribution in [-0.2, 0) is 0 Å². The van der Waals surface area contributed by atoms with E-state index in [1.807, 2.05) is 12.1 Å². The lowest BCUT2D eigenvalue weighted by molar-refractivity contribution is 0.969. The lowest BCUT2D eigenvalue weighted by Gasteiger charge is -2.24. The summed E-state index contributed by atoms with van der Waals surface area (Å²) in [7, 11) is 0. The molecule has 0 saturated heterocycles. The second kappa shape index (κ2) is 6.55. The zero-order chi connectivity index (χ0) is 16.6. The normalized spacial score (nSPS) is 15.3. The van der Waals surface area contributed by atoms with Crippen LogP contribution in [-0.4, -0.2) is 0 Å². The molecule has 118 valence electrons. The standard InChI is InChI=1S/C21H20Cl2/c1-13-4-7-16(8-5-13)21-14(2)6-10-18(15(21)3)17-9-11-19(22)20(23)12-17/h4-5,7-9,11-12H,6,10H2,1-3H3. The van der Waals surface area contributed by atoms with Crippen molar-refractivity contribution >= 4 is 34.3 Å². The Kier molecular flexibility index (Phi) is 4.66. The molecule has 0 spiro atoms. The molecule has 0 atom stereocenters. The highest BCUT2D eigenvalue weighted by molar-refractivity contribution is 6.42. The monoisotopic (exact) mass is 342 g/mol. The molecule has 0 saturated carbocycles. The summed E-state index contributed by atoms with van der Waals surface area (Å²) in [5.41, 5.74) is 9.29. The van der Waals surface area contributed by atoms with Gasteiger partial charge in [0.25, 0.3) is 0 Å². The molecule has 0 aliphatic heterocycles. The minimum atomic E-state index is 0.606. The Labute approximate surface area is 148 Å². The molecule has 2 aromatic rings. The molecule has 0 radical (unpaired) electrons. The summed E-state index contributed by atoms with van der Waals surface area (Å²) in [5, 5.41) is 1.22. The van der Waals surface area contributed by atoms with Gasteiger partial charge in [0.1, 0.15) is 0 Å². The molecule has 0 bridgehead atoms. The van der Waals surface area contributed by atoms with Crippen molar-refractivity contribution in [3.63, 3.8) is 0 Å². The Morgan fingerprint density at radius 1 is 0.739 bits per heavy atom. The van der Waals surface area contributed by atoms with Crippen molar-refractivity contribution in [2.24, 2.45) is 0 Å². The Balaban J connectivity index is 2.11. The summed E-state index contributed by atoms with van der Waals surface area (Å²) < 4.78 is 0. The van der Waals surface area contributed by atoms with E-state index in [0.29, 0.717) is 10.0 Å². The third kappa shape index (κ3) is 3.24. The Bertz CT molecular complexity index is 808. The summed E-state index contributed by atoms with van der Waals surface area (Å²) in [4.78, 5) is 0. The number of benzene rings is 2. The maximum atomic E-state index is 6.21. The van der Waals surface area contributed by atoms with E-state index < -0.39 is 0 Å². The summed E-state index contributed by atoms with van der Waals surface area (Å²) in [6.45, 7) is 6.58.